The molecule has 1 aliphatic rings. The van der Waals surface area contributed by atoms with Gasteiger partial charge in [0, 0.05) is 13.5 Å². The normalized spacial score (nSPS) is 21.2. The topological polar surface area (TPSA) is 272 Å². The molecule has 1 heterocycles. The number of aromatic hydroxyl groups is 1. The molecule has 16 heteroatoms. The summed E-state index contributed by atoms with van der Waals surface area (Å²) in [5, 5.41) is 30.6. The van der Waals surface area contributed by atoms with Crippen LogP contribution >= 0.6 is 0 Å². The van der Waals surface area contributed by atoms with Crippen molar-refractivity contribution in [1.82, 2.24) is 26.2 Å². The number of phenolic OH excluding ortho intramolecular Hbond substituents is 1. The number of nitrogens with one attached hydrogen (secondary N) is 4. The molecular formula is C36H58N8O8. The second-order valence-corrected chi connectivity index (χ2v) is 13.7. The van der Waals surface area contributed by atoms with E-state index in [4.69, 9.17) is 17.2 Å². The van der Waals surface area contributed by atoms with Gasteiger partial charge in [0.1, 0.15) is 36.0 Å². The molecule has 290 valence electrons. The van der Waals surface area contributed by atoms with Gasteiger partial charge in [-0.3, -0.25) is 24.0 Å². The lowest BCUT2D eigenvalue weighted by atomic mass is 9.99. The Morgan fingerprint density at radius 2 is 1.40 bits per heavy atom. The summed E-state index contributed by atoms with van der Waals surface area (Å²) in [4.78, 5) is 81.4. The fourth-order valence-electron chi connectivity index (χ4n) is 5.77. The third-order valence-corrected chi connectivity index (χ3v) is 8.84. The van der Waals surface area contributed by atoms with Crippen LogP contribution < -0.4 is 38.5 Å². The van der Waals surface area contributed by atoms with E-state index in [-0.39, 0.29) is 50.2 Å². The minimum absolute atomic E-state index is 0.00272. The van der Waals surface area contributed by atoms with Crippen molar-refractivity contribution in [3.8, 4) is 5.75 Å². The summed E-state index contributed by atoms with van der Waals surface area (Å²) in [6.07, 6.45) is 6.01. The van der Waals surface area contributed by atoms with Crippen molar-refractivity contribution in [3.05, 3.63) is 42.0 Å². The Bertz CT molecular complexity index is 1370. The van der Waals surface area contributed by atoms with E-state index < -0.39 is 71.8 Å². The molecule has 0 saturated carbocycles. The Balaban J connectivity index is 2.48. The zero-order valence-electron chi connectivity index (χ0n) is 30.5. The van der Waals surface area contributed by atoms with Crippen molar-refractivity contribution < 1.29 is 39.0 Å². The predicted octanol–water partition coefficient (Wildman–Crippen LogP) is -0.233. The van der Waals surface area contributed by atoms with Gasteiger partial charge >= 0.3 is 5.97 Å². The highest BCUT2D eigenvalue weighted by atomic mass is 16.4. The fraction of sp³-hybridized carbons (Fsp3) is 0.611. The van der Waals surface area contributed by atoms with Gasteiger partial charge in [-0.25, -0.2) is 4.79 Å². The number of likely N-dealkylation sites (N-methyl/N-ethyl adjacent to an activating group) is 1. The molecule has 0 saturated heterocycles. The molecule has 0 aliphatic carbocycles. The van der Waals surface area contributed by atoms with Crippen molar-refractivity contribution in [2.75, 3.05) is 20.1 Å². The summed E-state index contributed by atoms with van der Waals surface area (Å²) < 4.78 is 0. The van der Waals surface area contributed by atoms with Gasteiger partial charge < -0.3 is 53.6 Å². The van der Waals surface area contributed by atoms with Crippen LogP contribution in [0.4, 0.5) is 0 Å². The molecule has 0 unspecified atom stereocenters. The van der Waals surface area contributed by atoms with E-state index in [0.717, 1.165) is 4.90 Å². The van der Waals surface area contributed by atoms with Crippen LogP contribution in [-0.4, -0.2) is 107 Å². The number of carboxylic acid groups (broad SMARTS) is 1. The molecule has 0 bridgehead atoms. The number of hydrogen-bond acceptors (Lipinski definition) is 10. The lowest BCUT2D eigenvalue weighted by Crippen LogP contribution is -2.59. The number of nitrogens with two attached hydrogens (primary N) is 3. The largest absolute Gasteiger partial charge is 0.508 e. The van der Waals surface area contributed by atoms with E-state index in [0.29, 0.717) is 44.3 Å². The first-order valence-electron chi connectivity index (χ1n) is 18.0. The highest BCUT2D eigenvalue weighted by Crippen LogP contribution is 2.16. The van der Waals surface area contributed by atoms with Gasteiger partial charge in [-0.15, -0.1) is 0 Å². The van der Waals surface area contributed by atoms with E-state index in [2.05, 4.69) is 21.3 Å². The summed E-state index contributed by atoms with van der Waals surface area (Å²) in [7, 11) is 1.36. The number of rotatable bonds is 17. The van der Waals surface area contributed by atoms with Crippen molar-refractivity contribution in [3.63, 3.8) is 0 Å². The minimum Gasteiger partial charge on any atom is -0.508 e. The molecule has 6 atom stereocenters. The van der Waals surface area contributed by atoms with Crippen LogP contribution in [0.1, 0.15) is 77.2 Å². The first kappa shape index (κ1) is 43.6. The first-order valence-corrected chi connectivity index (χ1v) is 18.0. The Kier molecular flexibility index (Phi) is 18.8. The number of carbonyl (C=O) groups is 6. The van der Waals surface area contributed by atoms with Gasteiger partial charge in [-0.2, -0.15) is 0 Å². The lowest BCUT2D eigenvalue weighted by Gasteiger charge is -2.31. The minimum atomic E-state index is -1.25. The summed E-state index contributed by atoms with van der Waals surface area (Å²) in [5.74, 6) is -4.44. The maximum atomic E-state index is 14.0. The zero-order chi connectivity index (χ0) is 38.8. The second kappa shape index (κ2) is 22.4. The molecule has 5 amide bonds. The van der Waals surface area contributed by atoms with E-state index >= 15 is 0 Å². The molecule has 52 heavy (non-hydrogen) atoms. The Morgan fingerprint density at radius 3 is 1.94 bits per heavy atom. The molecule has 0 aromatic heterocycles. The van der Waals surface area contributed by atoms with Crippen LogP contribution in [0.2, 0.25) is 0 Å². The molecule has 1 aliphatic heterocycles. The molecule has 2 rings (SSSR count). The molecular weight excluding hydrogens is 672 g/mol. The van der Waals surface area contributed by atoms with Crippen molar-refractivity contribution in [1.29, 1.82) is 0 Å². The quantitative estimate of drug-likeness (QED) is 0.0746. The third kappa shape index (κ3) is 14.6. The van der Waals surface area contributed by atoms with E-state index in [9.17, 15) is 39.0 Å². The number of phenols is 1. The van der Waals surface area contributed by atoms with Gasteiger partial charge in [-0.1, -0.05) is 38.1 Å². The van der Waals surface area contributed by atoms with Crippen LogP contribution in [0.25, 0.3) is 0 Å². The van der Waals surface area contributed by atoms with Gasteiger partial charge in [0.2, 0.25) is 29.5 Å². The van der Waals surface area contributed by atoms with Crippen LogP contribution in [0.3, 0.4) is 0 Å². The Labute approximate surface area is 305 Å². The molecule has 16 nitrogen and oxygen atoms in total. The molecule has 0 fully saturated rings. The number of aliphatic carboxylic acids is 1. The van der Waals surface area contributed by atoms with E-state index in [1.165, 1.54) is 19.2 Å². The number of hydrogen-bond donors (Lipinski definition) is 9. The monoisotopic (exact) mass is 730 g/mol. The van der Waals surface area contributed by atoms with Crippen LogP contribution in [0.15, 0.2) is 36.4 Å². The molecule has 0 radical (unpaired) electrons. The number of carbonyl (C=O) groups excluding carboxylic acids is 5. The third-order valence-electron chi connectivity index (χ3n) is 8.84. The van der Waals surface area contributed by atoms with E-state index in [1.807, 2.05) is 13.8 Å². The number of carboxylic acids is 1. The summed E-state index contributed by atoms with van der Waals surface area (Å²) in [6, 6.07) is -0.709. The van der Waals surface area contributed by atoms with Crippen LogP contribution in [0, 0.1) is 5.92 Å². The summed E-state index contributed by atoms with van der Waals surface area (Å²) in [6.45, 7) is 4.43. The predicted molar refractivity (Wildman–Crippen MR) is 195 cm³/mol. The van der Waals surface area contributed by atoms with Crippen molar-refractivity contribution >= 4 is 35.5 Å². The second-order valence-electron chi connectivity index (χ2n) is 13.7. The van der Waals surface area contributed by atoms with Gasteiger partial charge in [0.25, 0.3) is 0 Å². The first-order chi connectivity index (χ1) is 24.7. The molecule has 1 aromatic carbocycles. The van der Waals surface area contributed by atoms with Crippen molar-refractivity contribution in [2.45, 2.75) is 114 Å². The standard InChI is InChI=1S/C36H58N8O8/c1-22(2)20-30(36(51)52)44(3)35(50)29(21-23-14-16-24(45)17-15-23)43-34(49)27-11-5-4-10-25(39)31(46)40-26(12-6-8-18-37)32(47)42-28(33(48)41-27)13-7-9-19-38/h4-5,14-17,22,25-30,45H,6-13,18-21,37-39H2,1-3H3,(H,40,46)(H,41,48)(H,42,47)(H,43,49)(H,51,52)/t25-,26-,27-,28-,29-,30-/m0/s1. The highest BCUT2D eigenvalue weighted by molar-refractivity contribution is 5.96. The fourth-order valence-corrected chi connectivity index (χ4v) is 5.77. The maximum absolute atomic E-state index is 14.0. The average Bonchev–Trinajstić information content (AvgIpc) is 3.10. The Morgan fingerprint density at radius 1 is 0.865 bits per heavy atom. The van der Waals surface area contributed by atoms with Gasteiger partial charge in [-0.05, 0) is 94.5 Å². The molecule has 1 aromatic rings. The van der Waals surface area contributed by atoms with Crippen molar-refractivity contribution in [2.24, 2.45) is 23.1 Å². The molecule has 0 spiro atoms. The average molecular weight is 731 g/mol. The maximum Gasteiger partial charge on any atom is 0.326 e. The summed E-state index contributed by atoms with van der Waals surface area (Å²) >= 11 is 0. The number of unbranched alkanes of at least 4 members (excludes halogenated alkanes) is 2. The van der Waals surface area contributed by atoms with Crippen LogP contribution in [0.5, 0.6) is 5.75 Å². The number of benzene rings is 1. The number of nitrogens with zero attached hydrogens (tertiary/aromatic N) is 1. The molecule has 12 N–H and O–H groups in total. The Hall–Kier alpha value is -4.54. The SMILES string of the molecule is CC(C)C[C@@H](C(=O)O)N(C)C(=O)[C@H](Cc1ccc(O)cc1)NC(=O)[C@@H]1CC=CC[C@H](N)C(=O)N[C@@H](CCCCN)C(=O)N[C@@H](CCCCN)C(=O)N1. The summed E-state index contributed by atoms with van der Waals surface area (Å²) in [5.41, 5.74) is 18.0. The lowest BCUT2D eigenvalue weighted by molar-refractivity contribution is -0.151. The number of amides is 5. The van der Waals surface area contributed by atoms with Gasteiger partial charge in [0.15, 0.2) is 0 Å². The highest BCUT2D eigenvalue weighted by Gasteiger charge is 2.35. The van der Waals surface area contributed by atoms with E-state index in [1.54, 1.807) is 24.3 Å². The smallest absolute Gasteiger partial charge is 0.326 e. The van der Waals surface area contributed by atoms with Gasteiger partial charge in [0.05, 0.1) is 6.04 Å². The zero-order valence-corrected chi connectivity index (χ0v) is 30.5. The van der Waals surface area contributed by atoms with Crippen LogP contribution in [-0.2, 0) is 35.2 Å².